The first-order valence-corrected chi connectivity index (χ1v) is 11.5. The second-order valence-corrected chi connectivity index (χ2v) is 9.98. The molecule has 2 aromatic carbocycles. The fourth-order valence-electron chi connectivity index (χ4n) is 2.94. The van der Waals surface area contributed by atoms with Gasteiger partial charge in [0.1, 0.15) is 5.60 Å². The molecule has 7 nitrogen and oxygen atoms in total. The zero-order chi connectivity index (χ0) is 22.3. The van der Waals surface area contributed by atoms with Gasteiger partial charge in [-0.15, -0.1) is 0 Å². The summed E-state index contributed by atoms with van der Waals surface area (Å²) >= 11 is 1.74. The van der Waals surface area contributed by atoms with Crippen molar-refractivity contribution in [3.05, 3.63) is 56.9 Å². The lowest BCUT2D eigenvalue weighted by atomic mass is 9.93. The van der Waals surface area contributed by atoms with Crippen LogP contribution in [-0.4, -0.2) is 55.8 Å². The van der Waals surface area contributed by atoms with Crippen molar-refractivity contribution < 1.29 is 31.5 Å². The summed E-state index contributed by atoms with van der Waals surface area (Å²) in [5, 5.41) is 12.7. The molecule has 0 bridgehead atoms. The second-order valence-electron chi connectivity index (χ2n) is 6.99. The Morgan fingerprint density at radius 2 is 1.87 bits per heavy atom. The molecule has 1 aliphatic heterocycles. The van der Waals surface area contributed by atoms with E-state index in [4.69, 9.17) is 0 Å². The molecule has 2 aromatic rings. The summed E-state index contributed by atoms with van der Waals surface area (Å²) in [7, 11) is -3.53. The van der Waals surface area contributed by atoms with Crippen LogP contribution in [0.1, 0.15) is 10.4 Å². The Kier molecular flexibility index (Phi) is 6.32. The van der Waals surface area contributed by atoms with Gasteiger partial charge in [-0.25, -0.2) is 26.3 Å². The van der Waals surface area contributed by atoms with Gasteiger partial charge in [-0.05, 0) is 46.9 Å². The van der Waals surface area contributed by atoms with Crippen molar-refractivity contribution in [1.29, 1.82) is 0 Å². The lowest BCUT2D eigenvalue weighted by molar-refractivity contribution is -0.0755. The third-order valence-electron chi connectivity index (χ3n) is 4.46. The Hall–Kier alpha value is -1.90. The SMILES string of the molecule is CS(=O)(=O)NCC1(O)CN(C(=O)c2ccc(F)c(F)c2Nc2cccc(I)c2F)C1. The van der Waals surface area contributed by atoms with Crippen molar-refractivity contribution in [1.82, 2.24) is 9.62 Å². The average molecular weight is 555 g/mol. The van der Waals surface area contributed by atoms with E-state index in [0.717, 1.165) is 23.3 Å². The maximum absolute atomic E-state index is 14.5. The second kappa shape index (κ2) is 8.32. The van der Waals surface area contributed by atoms with E-state index in [1.54, 1.807) is 22.6 Å². The van der Waals surface area contributed by atoms with Crippen LogP contribution in [0.15, 0.2) is 30.3 Å². The predicted molar refractivity (Wildman–Crippen MR) is 112 cm³/mol. The van der Waals surface area contributed by atoms with E-state index in [1.807, 2.05) is 0 Å². The molecule has 1 fully saturated rings. The highest BCUT2D eigenvalue weighted by Gasteiger charge is 2.44. The van der Waals surface area contributed by atoms with Gasteiger partial charge in [-0.1, -0.05) is 6.07 Å². The number of rotatable bonds is 6. The number of aliphatic hydroxyl groups is 1. The van der Waals surface area contributed by atoms with Crippen molar-refractivity contribution in [2.75, 3.05) is 31.2 Å². The highest BCUT2D eigenvalue weighted by molar-refractivity contribution is 14.1. The number of hydrogen-bond donors (Lipinski definition) is 3. The van der Waals surface area contributed by atoms with Crippen molar-refractivity contribution in [3.8, 4) is 0 Å². The molecule has 0 atom stereocenters. The largest absolute Gasteiger partial charge is 0.385 e. The van der Waals surface area contributed by atoms with Gasteiger partial charge in [0.25, 0.3) is 5.91 Å². The molecule has 3 N–H and O–H groups in total. The molecule has 1 aliphatic rings. The van der Waals surface area contributed by atoms with Gasteiger partial charge in [0.2, 0.25) is 10.0 Å². The van der Waals surface area contributed by atoms with E-state index in [1.165, 1.54) is 18.2 Å². The summed E-state index contributed by atoms with van der Waals surface area (Å²) in [6, 6.07) is 6.14. The number of amides is 1. The summed E-state index contributed by atoms with van der Waals surface area (Å²) < 4.78 is 67.3. The first-order chi connectivity index (χ1) is 13.9. The summed E-state index contributed by atoms with van der Waals surface area (Å²) in [5.74, 6) is -4.00. The zero-order valence-electron chi connectivity index (χ0n) is 15.5. The number of carbonyl (C=O) groups is 1. The molecule has 0 aliphatic carbocycles. The van der Waals surface area contributed by atoms with Gasteiger partial charge in [0.05, 0.1) is 39.9 Å². The molecule has 30 heavy (non-hydrogen) atoms. The normalized spacial score (nSPS) is 15.6. The molecule has 1 saturated heterocycles. The molecule has 0 spiro atoms. The minimum Gasteiger partial charge on any atom is -0.385 e. The lowest BCUT2D eigenvalue weighted by Gasteiger charge is -2.46. The Balaban J connectivity index is 1.84. The molecule has 1 heterocycles. The molecule has 162 valence electrons. The number of anilines is 2. The van der Waals surface area contributed by atoms with Crippen LogP contribution >= 0.6 is 22.6 Å². The molecule has 12 heteroatoms. The molecular weight excluding hydrogens is 538 g/mol. The minimum atomic E-state index is -3.53. The van der Waals surface area contributed by atoms with Crippen LogP contribution in [0.4, 0.5) is 24.5 Å². The van der Waals surface area contributed by atoms with E-state index in [-0.39, 0.29) is 34.5 Å². The van der Waals surface area contributed by atoms with Crippen LogP contribution in [0.25, 0.3) is 0 Å². The highest BCUT2D eigenvalue weighted by Crippen LogP contribution is 2.32. The highest BCUT2D eigenvalue weighted by atomic mass is 127. The van der Waals surface area contributed by atoms with Crippen molar-refractivity contribution in [2.45, 2.75) is 5.60 Å². The number of nitrogens with zero attached hydrogens (tertiary/aromatic N) is 1. The van der Waals surface area contributed by atoms with E-state index >= 15 is 0 Å². The fraction of sp³-hybridized carbons (Fsp3) is 0.278. The van der Waals surface area contributed by atoms with E-state index in [2.05, 4.69) is 10.0 Å². The summed E-state index contributed by atoms with van der Waals surface area (Å²) in [6.45, 7) is -0.735. The standard InChI is InChI=1S/C18H17F3IN3O4S/c1-30(28,29)23-7-18(27)8-25(9-18)17(26)10-5-6-11(19)14(20)16(10)24-13-4-2-3-12(22)15(13)21/h2-6,23-24,27H,7-9H2,1H3. The quantitative estimate of drug-likeness (QED) is 0.475. The van der Waals surface area contributed by atoms with Crippen LogP contribution in [0.5, 0.6) is 0 Å². The Labute approximate surface area is 184 Å². The van der Waals surface area contributed by atoms with Crippen LogP contribution < -0.4 is 10.0 Å². The third kappa shape index (κ3) is 4.87. The summed E-state index contributed by atoms with van der Waals surface area (Å²) in [6.07, 6.45) is 0.932. The number of nitrogens with one attached hydrogen (secondary N) is 2. The molecule has 0 aromatic heterocycles. The monoisotopic (exact) mass is 555 g/mol. The van der Waals surface area contributed by atoms with Gasteiger partial charge in [-0.3, -0.25) is 4.79 Å². The maximum Gasteiger partial charge on any atom is 0.256 e. The predicted octanol–water partition coefficient (Wildman–Crippen LogP) is 2.19. The van der Waals surface area contributed by atoms with E-state index in [0.29, 0.717) is 0 Å². The van der Waals surface area contributed by atoms with Gasteiger partial charge >= 0.3 is 0 Å². The average Bonchev–Trinajstić information content (AvgIpc) is 2.64. The fourth-order valence-corrected chi connectivity index (χ4v) is 3.97. The number of carbonyl (C=O) groups excluding carboxylic acids is 1. The number of hydrogen-bond acceptors (Lipinski definition) is 5. The molecule has 0 saturated carbocycles. The van der Waals surface area contributed by atoms with Crippen LogP contribution in [0, 0.1) is 21.0 Å². The van der Waals surface area contributed by atoms with Crippen molar-refractivity contribution >= 4 is 49.9 Å². The molecule has 3 rings (SSSR count). The zero-order valence-corrected chi connectivity index (χ0v) is 18.5. The lowest BCUT2D eigenvalue weighted by Crippen LogP contribution is -2.67. The van der Waals surface area contributed by atoms with Crippen molar-refractivity contribution in [3.63, 3.8) is 0 Å². The Bertz CT molecular complexity index is 1110. The third-order valence-corrected chi connectivity index (χ3v) is 5.96. The van der Waals surface area contributed by atoms with Gasteiger partial charge in [-0.2, -0.15) is 0 Å². The van der Waals surface area contributed by atoms with Crippen LogP contribution in [0.2, 0.25) is 0 Å². The van der Waals surface area contributed by atoms with Crippen LogP contribution in [0.3, 0.4) is 0 Å². The Morgan fingerprint density at radius 1 is 1.20 bits per heavy atom. The first-order valence-electron chi connectivity index (χ1n) is 8.55. The number of halogens is 4. The Morgan fingerprint density at radius 3 is 2.50 bits per heavy atom. The topological polar surface area (TPSA) is 98.7 Å². The van der Waals surface area contributed by atoms with Gasteiger partial charge < -0.3 is 15.3 Å². The van der Waals surface area contributed by atoms with E-state index < -0.39 is 44.7 Å². The van der Waals surface area contributed by atoms with E-state index in [9.17, 15) is 31.5 Å². The number of benzene rings is 2. The summed E-state index contributed by atoms with van der Waals surface area (Å²) in [5.41, 5.74) is -2.42. The summed E-state index contributed by atoms with van der Waals surface area (Å²) in [4.78, 5) is 13.9. The number of β-amino-alcohol motifs (C(OH)–C–C–N with tert-alkyl or cyclic N) is 1. The first kappa shape index (κ1) is 22.8. The van der Waals surface area contributed by atoms with Gasteiger partial charge in [0.15, 0.2) is 17.5 Å². The maximum atomic E-state index is 14.5. The molecule has 0 unspecified atom stereocenters. The molecule has 1 amide bonds. The molecular formula is C18H17F3IN3O4S. The molecule has 0 radical (unpaired) electrons. The number of likely N-dealkylation sites (tertiary alicyclic amines) is 1. The van der Waals surface area contributed by atoms with Crippen LogP contribution in [-0.2, 0) is 10.0 Å². The van der Waals surface area contributed by atoms with Gasteiger partial charge in [0, 0.05) is 6.54 Å². The number of sulfonamides is 1. The minimum absolute atomic E-state index is 0.141. The van der Waals surface area contributed by atoms with Crippen molar-refractivity contribution in [2.24, 2.45) is 0 Å². The smallest absolute Gasteiger partial charge is 0.256 e.